The van der Waals surface area contributed by atoms with Crippen LogP contribution in [0.1, 0.15) is 96.8 Å². The minimum Gasteiger partial charge on any atom is -0.466 e. The van der Waals surface area contributed by atoms with Crippen LogP contribution in [0.15, 0.2) is 0 Å². The molecule has 1 heterocycles. The van der Waals surface area contributed by atoms with Crippen molar-refractivity contribution in [2.75, 3.05) is 13.2 Å². The summed E-state index contributed by atoms with van der Waals surface area (Å²) in [5, 5.41) is 0. The SMILES string of the molecule is CCCCCCCCCCCC(=O)OCCCC1CCCO1. The van der Waals surface area contributed by atoms with Crippen molar-refractivity contribution in [2.24, 2.45) is 0 Å². The minimum absolute atomic E-state index is 0.0183. The van der Waals surface area contributed by atoms with Crippen molar-refractivity contribution in [1.82, 2.24) is 0 Å². The molecule has 1 aliphatic rings. The number of unbranched alkanes of at least 4 members (excludes halogenated alkanes) is 8. The Bertz CT molecular complexity index is 259. The second-order valence-corrected chi connectivity index (χ2v) is 6.58. The first-order chi connectivity index (χ1) is 10.8. The number of hydrogen-bond donors (Lipinski definition) is 0. The highest BCUT2D eigenvalue weighted by Gasteiger charge is 2.14. The molecule has 0 aromatic heterocycles. The van der Waals surface area contributed by atoms with Crippen LogP contribution in [0.4, 0.5) is 0 Å². The molecule has 1 fully saturated rings. The van der Waals surface area contributed by atoms with Gasteiger partial charge in [0.25, 0.3) is 0 Å². The maximum atomic E-state index is 11.6. The van der Waals surface area contributed by atoms with Crippen LogP contribution in [0.2, 0.25) is 0 Å². The van der Waals surface area contributed by atoms with Gasteiger partial charge >= 0.3 is 5.97 Å². The number of carbonyl (C=O) groups excluding carboxylic acids is 1. The molecular weight excluding hydrogens is 276 g/mol. The fraction of sp³-hybridized carbons (Fsp3) is 0.947. The summed E-state index contributed by atoms with van der Waals surface area (Å²) in [7, 11) is 0. The van der Waals surface area contributed by atoms with E-state index in [2.05, 4.69) is 6.92 Å². The van der Waals surface area contributed by atoms with Gasteiger partial charge in [0.1, 0.15) is 0 Å². The van der Waals surface area contributed by atoms with Crippen molar-refractivity contribution >= 4 is 5.97 Å². The lowest BCUT2D eigenvalue weighted by molar-refractivity contribution is -0.144. The molecule has 0 aliphatic carbocycles. The smallest absolute Gasteiger partial charge is 0.305 e. The summed E-state index contributed by atoms with van der Waals surface area (Å²) in [5.74, 6) is -0.0183. The minimum atomic E-state index is -0.0183. The third-order valence-corrected chi connectivity index (χ3v) is 4.44. The van der Waals surface area contributed by atoms with Crippen molar-refractivity contribution in [2.45, 2.75) is 103 Å². The first kappa shape index (κ1) is 19.5. The van der Waals surface area contributed by atoms with Crippen molar-refractivity contribution in [3.63, 3.8) is 0 Å². The van der Waals surface area contributed by atoms with E-state index >= 15 is 0 Å². The summed E-state index contributed by atoms with van der Waals surface area (Å²) in [6, 6.07) is 0. The third-order valence-electron chi connectivity index (χ3n) is 4.44. The van der Waals surface area contributed by atoms with E-state index in [1.807, 2.05) is 0 Å². The maximum Gasteiger partial charge on any atom is 0.305 e. The lowest BCUT2D eigenvalue weighted by atomic mass is 10.1. The van der Waals surface area contributed by atoms with Crippen LogP contribution in [-0.4, -0.2) is 25.3 Å². The Morgan fingerprint density at radius 1 is 1.00 bits per heavy atom. The lowest BCUT2D eigenvalue weighted by Crippen LogP contribution is -2.09. The Morgan fingerprint density at radius 3 is 2.32 bits per heavy atom. The van der Waals surface area contributed by atoms with Gasteiger partial charge in [0.05, 0.1) is 12.7 Å². The average Bonchev–Trinajstić information content (AvgIpc) is 3.03. The highest BCUT2D eigenvalue weighted by molar-refractivity contribution is 5.69. The zero-order valence-corrected chi connectivity index (χ0v) is 14.6. The molecule has 0 N–H and O–H groups in total. The van der Waals surface area contributed by atoms with Gasteiger partial charge < -0.3 is 9.47 Å². The maximum absolute atomic E-state index is 11.6. The monoisotopic (exact) mass is 312 g/mol. The van der Waals surface area contributed by atoms with Crippen LogP contribution in [0.3, 0.4) is 0 Å². The molecule has 0 aromatic rings. The number of hydrogen-bond acceptors (Lipinski definition) is 3. The van der Waals surface area contributed by atoms with Crippen LogP contribution < -0.4 is 0 Å². The van der Waals surface area contributed by atoms with E-state index in [0.29, 0.717) is 19.1 Å². The molecule has 0 bridgehead atoms. The summed E-state index contributed by atoms with van der Waals surface area (Å²) in [6.07, 6.45) is 16.9. The van der Waals surface area contributed by atoms with Gasteiger partial charge in [-0.25, -0.2) is 0 Å². The second-order valence-electron chi connectivity index (χ2n) is 6.58. The predicted octanol–water partition coefficient (Wildman–Crippen LogP) is 5.41. The molecule has 1 atom stereocenters. The molecule has 1 aliphatic heterocycles. The molecule has 0 amide bonds. The normalized spacial score (nSPS) is 17.8. The first-order valence-electron chi connectivity index (χ1n) is 9.60. The number of rotatable bonds is 14. The van der Waals surface area contributed by atoms with Crippen LogP contribution in [-0.2, 0) is 14.3 Å². The molecule has 0 radical (unpaired) electrons. The Kier molecular flexibility index (Phi) is 12.4. The van der Waals surface area contributed by atoms with E-state index in [-0.39, 0.29) is 5.97 Å². The molecule has 3 heteroatoms. The van der Waals surface area contributed by atoms with E-state index in [4.69, 9.17) is 9.47 Å². The van der Waals surface area contributed by atoms with Crippen molar-refractivity contribution in [1.29, 1.82) is 0 Å². The van der Waals surface area contributed by atoms with Gasteiger partial charge in [-0.3, -0.25) is 4.79 Å². The van der Waals surface area contributed by atoms with E-state index < -0.39 is 0 Å². The average molecular weight is 312 g/mol. The van der Waals surface area contributed by atoms with Crippen molar-refractivity contribution in [3.8, 4) is 0 Å². The summed E-state index contributed by atoms with van der Waals surface area (Å²) in [5.41, 5.74) is 0. The molecule has 1 unspecified atom stereocenters. The van der Waals surface area contributed by atoms with Crippen LogP contribution in [0.5, 0.6) is 0 Å². The molecule has 1 rings (SSSR count). The fourth-order valence-electron chi connectivity index (χ4n) is 3.02. The number of ether oxygens (including phenoxy) is 2. The van der Waals surface area contributed by atoms with E-state index in [1.165, 1.54) is 64.2 Å². The Morgan fingerprint density at radius 2 is 1.68 bits per heavy atom. The van der Waals surface area contributed by atoms with Gasteiger partial charge in [-0.2, -0.15) is 0 Å². The van der Waals surface area contributed by atoms with Crippen molar-refractivity contribution in [3.05, 3.63) is 0 Å². The van der Waals surface area contributed by atoms with Gasteiger partial charge in [-0.15, -0.1) is 0 Å². The molecule has 0 spiro atoms. The predicted molar refractivity (Wildman–Crippen MR) is 91.0 cm³/mol. The largest absolute Gasteiger partial charge is 0.466 e. The van der Waals surface area contributed by atoms with Crippen LogP contribution >= 0.6 is 0 Å². The van der Waals surface area contributed by atoms with Crippen molar-refractivity contribution < 1.29 is 14.3 Å². The molecule has 0 saturated carbocycles. The van der Waals surface area contributed by atoms with Gasteiger partial charge in [-0.05, 0) is 32.1 Å². The van der Waals surface area contributed by atoms with Gasteiger partial charge in [0.15, 0.2) is 0 Å². The van der Waals surface area contributed by atoms with Gasteiger partial charge in [-0.1, -0.05) is 58.3 Å². The third kappa shape index (κ3) is 11.1. The quantitative estimate of drug-likeness (QED) is 0.318. The number of carbonyl (C=O) groups is 1. The van der Waals surface area contributed by atoms with Crippen LogP contribution in [0.25, 0.3) is 0 Å². The van der Waals surface area contributed by atoms with E-state index in [0.717, 1.165) is 25.9 Å². The van der Waals surface area contributed by atoms with E-state index in [1.54, 1.807) is 0 Å². The van der Waals surface area contributed by atoms with Crippen LogP contribution in [0, 0.1) is 0 Å². The first-order valence-corrected chi connectivity index (χ1v) is 9.60. The highest BCUT2D eigenvalue weighted by atomic mass is 16.5. The van der Waals surface area contributed by atoms with Gasteiger partial charge in [0, 0.05) is 13.0 Å². The molecule has 0 aromatic carbocycles. The lowest BCUT2D eigenvalue weighted by Gasteiger charge is -2.09. The zero-order valence-electron chi connectivity index (χ0n) is 14.6. The Balaban J connectivity index is 1.77. The fourth-order valence-corrected chi connectivity index (χ4v) is 3.02. The summed E-state index contributed by atoms with van der Waals surface area (Å²) < 4.78 is 10.8. The zero-order chi connectivity index (χ0) is 15.9. The summed E-state index contributed by atoms with van der Waals surface area (Å²) in [6.45, 7) is 3.72. The molecule has 3 nitrogen and oxygen atoms in total. The van der Waals surface area contributed by atoms with Gasteiger partial charge in [0.2, 0.25) is 0 Å². The molecular formula is C19H36O3. The summed E-state index contributed by atoms with van der Waals surface area (Å²) in [4.78, 5) is 11.6. The standard InChI is InChI=1S/C19H36O3/c1-2-3-4-5-6-7-8-9-10-15-19(20)22-17-12-14-18-13-11-16-21-18/h18H,2-17H2,1H3. The molecule has 22 heavy (non-hydrogen) atoms. The molecule has 1 saturated heterocycles. The number of esters is 1. The second kappa shape index (κ2) is 14.0. The van der Waals surface area contributed by atoms with E-state index in [9.17, 15) is 4.79 Å². The molecule has 130 valence electrons. The summed E-state index contributed by atoms with van der Waals surface area (Å²) >= 11 is 0. The topological polar surface area (TPSA) is 35.5 Å². The Labute approximate surface area is 137 Å². The Hall–Kier alpha value is -0.570. The highest BCUT2D eigenvalue weighted by Crippen LogP contribution is 2.16.